The van der Waals surface area contributed by atoms with E-state index in [2.05, 4.69) is 5.32 Å². The standard InChI is InChI=1S/C11H13NO5/c1-11(17,10(15)16)6-12-9(14)7-4-2-3-5-8(7)13/h2-5,13,17H,6H2,1H3,(H,12,14)(H,15,16). The summed E-state index contributed by atoms with van der Waals surface area (Å²) in [7, 11) is 0. The number of carboxylic acids is 1. The fourth-order valence-corrected chi connectivity index (χ4v) is 1.09. The van der Waals surface area contributed by atoms with Crippen LogP contribution in [0.1, 0.15) is 17.3 Å². The highest BCUT2D eigenvalue weighted by Gasteiger charge is 2.30. The zero-order valence-corrected chi connectivity index (χ0v) is 9.17. The molecule has 6 heteroatoms. The van der Waals surface area contributed by atoms with Crippen molar-refractivity contribution < 1.29 is 24.9 Å². The average Bonchev–Trinajstić information content (AvgIpc) is 2.26. The highest BCUT2D eigenvalue weighted by atomic mass is 16.4. The number of nitrogens with one attached hydrogen (secondary N) is 1. The topological polar surface area (TPSA) is 107 Å². The summed E-state index contributed by atoms with van der Waals surface area (Å²) in [5.74, 6) is -2.29. The van der Waals surface area contributed by atoms with E-state index in [0.29, 0.717) is 0 Å². The van der Waals surface area contributed by atoms with Gasteiger partial charge in [-0.3, -0.25) is 4.79 Å². The largest absolute Gasteiger partial charge is 0.507 e. The number of aromatic hydroxyl groups is 1. The molecule has 92 valence electrons. The third-order valence-electron chi connectivity index (χ3n) is 2.20. The van der Waals surface area contributed by atoms with E-state index in [1.807, 2.05) is 0 Å². The number of rotatable bonds is 4. The van der Waals surface area contributed by atoms with Gasteiger partial charge in [-0.05, 0) is 19.1 Å². The molecule has 0 aliphatic rings. The Balaban J connectivity index is 2.69. The van der Waals surface area contributed by atoms with Crippen LogP contribution in [0.25, 0.3) is 0 Å². The van der Waals surface area contributed by atoms with Crippen LogP contribution >= 0.6 is 0 Å². The van der Waals surface area contributed by atoms with Gasteiger partial charge in [0.2, 0.25) is 0 Å². The summed E-state index contributed by atoms with van der Waals surface area (Å²) >= 11 is 0. The lowest BCUT2D eigenvalue weighted by Gasteiger charge is -2.18. The number of phenols is 1. The Labute approximate surface area is 97.5 Å². The molecule has 0 spiro atoms. The molecule has 0 saturated heterocycles. The number of hydrogen-bond donors (Lipinski definition) is 4. The summed E-state index contributed by atoms with van der Waals surface area (Å²) in [4.78, 5) is 22.1. The monoisotopic (exact) mass is 239 g/mol. The number of amides is 1. The van der Waals surface area contributed by atoms with Crippen LogP contribution in [-0.4, -0.2) is 39.3 Å². The van der Waals surface area contributed by atoms with E-state index in [4.69, 9.17) is 5.11 Å². The van der Waals surface area contributed by atoms with Gasteiger partial charge in [0.05, 0.1) is 12.1 Å². The number of carbonyl (C=O) groups excluding carboxylic acids is 1. The van der Waals surface area contributed by atoms with E-state index < -0.39 is 24.0 Å². The van der Waals surface area contributed by atoms with Crippen LogP contribution in [0.3, 0.4) is 0 Å². The van der Waals surface area contributed by atoms with Gasteiger partial charge < -0.3 is 20.6 Å². The summed E-state index contributed by atoms with van der Waals surface area (Å²) in [6.45, 7) is 0.621. The van der Waals surface area contributed by atoms with Gasteiger partial charge >= 0.3 is 5.97 Å². The van der Waals surface area contributed by atoms with Crippen LogP contribution in [0, 0.1) is 0 Å². The van der Waals surface area contributed by atoms with Crippen molar-refractivity contribution in [1.29, 1.82) is 0 Å². The fourth-order valence-electron chi connectivity index (χ4n) is 1.09. The van der Waals surface area contributed by atoms with Crippen molar-refractivity contribution in [3.05, 3.63) is 29.8 Å². The smallest absolute Gasteiger partial charge is 0.337 e. The highest BCUT2D eigenvalue weighted by molar-refractivity contribution is 5.97. The Hall–Kier alpha value is -2.08. The minimum absolute atomic E-state index is 0.0219. The van der Waals surface area contributed by atoms with E-state index >= 15 is 0 Å². The van der Waals surface area contributed by atoms with Crippen molar-refractivity contribution in [2.45, 2.75) is 12.5 Å². The van der Waals surface area contributed by atoms with Gasteiger partial charge in [-0.25, -0.2) is 4.79 Å². The molecule has 0 aliphatic carbocycles. The molecule has 4 N–H and O–H groups in total. The maximum absolute atomic E-state index is 11.6. The molecule has 6 nitrogen and oxygen atoms in total. The highest BCUT2D eigenvalue weighted by Crippen LogP contribution is 2.15. The second-order valence-corrected chi connectivity index (χ2v) is 3.78. The molecule has 0 heterocycles. The molecule has 1 unspecified atom stereocenters. The number of hydrogen-bond acceptors (Lipinski definition) is 4. The van der Waals surface area contributed by atoms with Crippen molar-refractivity contribution in [2.75, 3.05) is 6.54 Å². The molecule has 0 aromatic heterocycles. The zero-order chi connectivity index (χ0) is 13.1. The number of carbonyl (C=O) groups is 2. The molecular weight excluding hydrogens is 226 g/mol. The molecular formula is C11H13NO5. The molecule has 17 heavy (non-hydrogen) atoms. The van der Waals surface area contributed by atoms with Crippen LogP contribution in [0.2, 0.25) is 0 Å². The molecule has 0 aliphatic heterocycles. The van der Waals surface area contributed by atoms with Crippen molar-refractivity contribution in [3.63, 3.8) is 0 Å². The molecule has 1 atom stereocenters. The molecule has 0 fully saturated rings. The summed E-state index contributed by atoms with van der Waals surface area (Å²) < 4.78 is 0. The average molecular weight is 239 g/mol. The fraction of sp³-hybridized carbons (Fsp3) is 0.273. The quantitative estimate of drug-likeness (QED) is 0.589. The Morgan fingerprint density at radius 1 is 1.35 bits per heavy atom. The number of phenolic OH excluding ortho intramolecular Hbond substituents is 1. The summed E-state index contributed by atoms with van der Waals surface area (Å²) in [5, 5.41) is 29.6. The molecule has 1 rings (SSSR count). The summed E-state index contributed by atoms with van der Waals surface area (Å²) in [5.41, 5.74) is -2.02. The van der Waals surface area contributed by atoms with E-state index in [0.717, 1.165) is 6.92 Å². The van der Waals surface area contributed by atoms with Gasteiger partial charge in [0, 0.05) is 0 Å². The maximum atomic E-state index is 11.6. The van der Waals surface area contributed by atoms with Crippen LogP contribution in [0.5, 0.6) is 5.75 Å². The second kappa shape index (κ2) is 4.84. The Morgan fingerprint density at radius 2 is 1.94 bits per heavy atom. The first-order valence-corrected chi connectivity index (χ1v) is 4.86. The SMILES string of the molecule is CC(O)(CNC(=O)c1ccccc1O)C(=O)O. The van der Waals surface area contributed by atoms with Crippen molar-refractivity contribution in [3.8, 4) is 5.75 Å². The normalized spacial score (nSPS) is 13.8. The zero-order valence-electron chi connectivity index (χ0n) is 9.17. The van der Waals surface area contributed by atoms with E-state index in [9.17, 15) is 19.8 Å². The van der Waals surface area contributed by atoms with Crippen molar-refractivity contribution in [2.24, 2.45) is 0 Å². The molecule has 0 bridgehead atoms. The van der Waals surface area contributed by atoms with Gasteiger partial charge in [0.1, 0.15) is 5.75 Å². The van der Waals surface area contributed by atoms with Crippen LogP contribution in [0.15, 0.2) is 24.3 Å². The minimum atomic E-state index is -2.04. The third kappa shape index (κ3) is 3.18. The third-order valence-corrected chi connectivity index (χ3v) is 2.20. The maximum Gasteiger partial charge on any atom is 0.337 e. The Kier molecular flexibility index (Phi) is 3.69. The summed E-state index contributed by atoms with van der Waals surface area (Å²) in [6, 6.07) is 5.84. The summed E-state index contributed by atoms with van der Waals surface area (Å²) in [6.07, 6.45) is 0. The van der Waals surface area contributed by atoms with E-state index in [1.54, 1.807) is 12.1 Å². The van der Waals surface area contributed by atoms with Crippen molar-refractivity contribution >= 4 is 11.9 Å². The first kappa shape index (κ1) is 13.0. The van der Waals surface area contributed by atoms with Gasteiger partial charge in [-0.2, -0.15) is 0 Å². The van der Waals surface area contributed by atoms with Gasteiger partial charge in [-0.15, -0.1) is 0 Å². The van der Waals surface area contributed by atoms with Crippen LogP contribution < -0.4 is 5.32 Å². The molecule has 0 saturated carbocycles. The van der Waals surface area contributed by atoms with E-state index in [1.165, 1.54) is 12.1 Å². The van der Waals surface area contributed by atoms with E-state index in [-0.39, 0.29) is 11.3 Å². The number of aliphatic hydroxyl groups is 1. The Bertz CT molecular complexity index is 441. The molecule has 1 aromatic carbocycles. The predicted octanol–water partition coefficient (Wildman–Crippen LogP) is -0.0424. The lowest BCUT2D eigenvalue weighted by atomic mass is 10.1. The first-order chi connectivity index (χ1) is 7.84. The molecule has 0 radical (unpaired) electrons. The molecule has 1 amide bonds. The van der Waals surface area contributed by atoms with Crippen LogP contribution in [0.4, 0.5) is 0 Å². The number of carboxylic acid groups (broad SMARTS) is 1. The number of aliphatic carboxylic acids is 1. The molecule has 1 aromatic rings. The number of para-hydroxylation sites is 1. The Morgan fingerprint density at radius 3 is 2.47 bits per heavy atom. The van der Waals surface area contributed by atoms with Crippen molar-refractivity contribution in [1.82, 2.24) is 5.32 Å². The lowest BCUT2D eigenvalue weighted by molar-refractivity contribution is -0.155. The number of benzene rings is 1. The lowest BCUT2D eigenvalue weighted by Crippen LogP contribution is -2.46. The predicted molar refractivity (Wildman–Crippen MR) is 58.7 cm³/mol. The second-order valence-electron chi connectivity index (χ2n) is 3.78. The van der Waals surface area contributed by atoms with Gasteiger partial charge in [0.25, 0.3) is 5.91 Å². The van der Waals surface area contributed by atoms with Crippen LogP contribution in [-0.2, 0) is 4.79 Å². The van der Waals surface area contributed by atoms with Gasteiger partial charge in [-0.1, -0.05) is 12.1 Å². The first-order valence-electron chi connectivity index (χ1n) is 4.86. The van der Waals surface area contributed by atoms with Gasteiger partial charge in [0.15, 0.2) is 5.60 Å². The minimum Gasteiger partial charge on any atom is -0.507 e.